The van der Waals surface area contributed by atoms with E-state index in [4.69, 9.17) is 16.0 Å². The van der Waals surface area contributed by atoms with Crippen LogP contribution in [-0.2, 0) is 4.79 Å². The van der Waals surface area contributed by atoms with Crippen molar-refractivity contribution in [2.45, 2.75) is 4.90 Å². The third-order valence-corrected chi connectivity index (χ3v) is 4.40. The van der Waals surface area contributed by atoms with Gasteiger partial charge in [0.2, 0.25) is 11.8 Å². The maximum atomic E-state index is 11.9. The largest absolute Gasteiger partial charge is 0.403 e. The van der Waals surface area contributed by atoms with Gasteiger partial charge < -0.3 is 4.42 Å². The van der Waals surface area contributed by atoms with Crippen LogP contribution < -0.4 is 5.32 Å². The molecular weight excluding hydrogens is 334 g/mol. The molecular formula is C16H12ClN3O2S. The third kappa shape index (κ3) is 4.12. The summed E-state index contributed by atoms with van der Waals surface area (Å²) in [5, 5.41) is 10.9. The number of nitrogens with one attached hydrogen (secondary N) is 1. The lowest BCUT2D eigenvalue weighted by Gasteiger charge is -2.03. The minimum Gasteiger partial charge on any atom is -0.403 e. The second-order valence-electron chi connectivity index (χ2n) is 4.55. The van der Waals surface area contributed by atoms with Crippen LogP contribution >= 0.6 is 23.4 Å². The van der Waals surface area contributed by atoms with Crippen molar-refractivity contribution in [1.29, 1.82) is 0 Å². The smallest absolute Gasteiger partial charge is 0.322 e. The van der Waals surface area contributed by atoms with Gasteiger partial charge in [0.05, 0.1) is 10.8 Å². The molecule has 0 aliphatic rings. The minimum absolute atomic E-state index is 0.0774. The predicted molar refractivity (Wildman–Crippen MR) is 90.5 cm³/mol. The topological polar surface area (TPSA) is 68.0 Å². The average molecular weight is 346 g/mol. The van der Waals surface area contributed by atoms with E-state index in [1.807, 2.05) is 48.5 Å². The monoisotopic (exact) mass is 345 g/mol. The molecule has 1 N–H and O–H groups in total. The molecule has 7 heteroatoms. The molecule has 1 amide bonds. The van der Waals surface area contributed by atoms with Crippen molar-refractivity contribution in [3.63, 3.8) is 0 Å². The van der Waals surface area contributed by atoms with Gasteiger partial charge >= 0.3 is 6.01 Å². The summed E-state index contributed by atoms with van der Waals surface area (Å²) in [6.45, 7) is 0. The SMILES string of the molecule is O=C(CSc1ccccc1Cl)Nc1nnc(-c2ccccc2)o1. The highest BCUT2D eigenvalue weighted by Gasteiger charge is 2.12. The Bertz CT molecular complexity index is 808. The molecule has 23 heavy (non-hydrogen) atoms. The summed E-state index contributed by atoms with van der Waals surface area (Å²) in [5.41, 5.74) is 0.797. The Morgan fingerprint density at radius 1 is 1.09 bits per heavy atom. The molecule has 0 saturated heterocycles. The summed E-state index contributed by atoms with van der Waals surface area (Å²) in [7, 11) is 0. The van der Waals surface area contributed by atoms with Crippen LogP contribution in [-0.4, -0.2) is 21.9 Å². The summed E-state index contributed by atoms with van der Waals surface area (Å²) in [6.07, 6.45) is 0. The molecule has 0 saturated carbocycles. The molecule has 0 bridgehead atoms. The van der Waals surface area contributed by atoms with E-state index in [9.17, 15) is 4.79 Å². The number of amides is 1. The summed E-state index contributed by atoms with van der Waals surface area (Å²) in [4.78, 5) is 12.8. The van der Waals surface area contributed by atoms with Gasteiger partial charge in [0.1, 0.15) is 0 Å². The van der Waals surface area contributed by atoms with Crippen LogP contribution in [0.25, 0.3) is 11.5 Å². The highest BCUT2D eigenvalue weighted by molar-refractivity contribution is 8.00. The summed E-state index contributed by atoms with van der Waals surface area (Å²) in [5.74, 6) is 0.324. The number of aromatic nitrogens is 2. The standard InChI is InChI=1S/C16H12ClN3O2S/c17-12-8-4-5-9-13(12)23-10-14(21)18-16-20-19-15(22-16)11-6-2-1-3-7-11/h1-9H,10H2,(H,18,20,21). The lowest BCUT2D eigenvalue weighted by molar-refractivity contribution is -0.113. The van der Waals surface area contributed by atoms with E-state index in [2.05, 4.69) is 15.5 Å². The van der Waals surface area contributed by atoms with Gasteiger partial charge in [-0.05, 0) is 24.3 Å². The van der Waals surface area contributed by atoms with Crippen molar-refractivity contribution in [3.05, 3.63) is 59.6 Å². The van der Waals surface area contributed by atoms with Crippen LogP contribution in [0.2, 0.25) is 5.02 Å². The number of benzene rings is 2. The van der Waals surface area contributed by atoms with Gasteiger partial charge in [-0.1, -0.05) is 47.0 Å². The van der Waals surface area contributed by atoms with E-state index in [-0.39, 0.29) is 17.7 Å². The predicted octanol–water partition coefficient (Wildman–Crippen LogP) is 4.12. The van der Waals surface area contributed by atoms with Crippen molar-refractivity contribution < 1.29 is 9.21 Å². The Labute approximate surface area is 142 Å². The molecule has 0 aliphatic heterocycles. The Balaban J connectivity index is 1.58. The Kier molecular flexibility index (Phi) is 4.95. The van der Waals surface area contributed by atoms with Crippen LogP contribution in [0.15, 0.2) is 63.9 Å². The zero-order valence-corrected chi connectivity index (χ0v) is 13.5. The minimum atomic E-state index is -0.238. The number of carbonyl (C=O) groups is 1. The highest BCUT2D eigenvalue weighted by atomic mass is 35.5. The van der Waals surface area contributed by atoms with Gasteiger partial charge in [-0.15, -0.1) is 16.9 Å². The Morgan fingerprint density at radius 2 is 1.83 bits per heavy atom. The number of hydrogen-bond acceptors (Lipinski definition) is 5. The molecule has 0 spiro atoms. The molecule has 5 nitrogen and oxygen atoms in total. The van der Waals surface area contributed by atoms with E-state index >= 15 is 0 Å². The molecule has 0 aliphatic carbocycles. The van der Waals surface area contributed by atoms with E-state index in [1.165, 1.54) is 11.8 Å². The second-order valence-corrected chi connectivity index (χ2v) is 5.97. The number of thioether (sulfide) groups is 1. The molecule has 1 aromatic heterocycles. The first-order chi connectivity index (χ1) is 11.2. The van der Waals surface area contributed by atoms with E-state index < -0.39 is 0 Å². The zero-order chi connectivity index (χ0) is 16.1. The van der Waals surface area contributed by atoms with Crippen LogP contribution in [0.1, 0.15) is 0 Å². The van der Waals surface area contributed by atoms with E-state index in [1.54, 1.807) is 6.07 Å². The normalized spacial score (nSPS) is 10.5. The van der Waals surface area contributed by atoms with Crippen molar-refractivity contribution in [2.24, 2.45) is 0 Å². The van der Waals surface area contributed by atoms with Gasteiger partial charge in [0.15, 0.2) is 0 Å². The number of carbonyl (C=O) groups excluding carboxylic acids is 1. The maximum Gasteiger partial charge on any atom is 0.322 e. The van der Waals surface area contributed by atoms with Crippen LogP contribution in [0.5, 0.6) is 0 Å². The number of anilines is 1. The van der Waals surface area contributed by atoms with Gasteiger partial charge in [0.25, 0.3) is 0 Å². The Hall–Kier alpha value is -2.31. The fourth-order valence-corrected chi connectivity index (χ4v) is 2.87. The molecule has 3 rings (SSSR count). The van der Waals surface area contributed by atoms with Crippen molar-refractivity contribution in [1.82, 2.24) is 10.2 Å². The highest BCUT2D eigenvalue weighted by Crippen LogP contribution is 2.26. The maximum absolute atomic E-state index is 11.9. The molecule has 1 heterocycles. The lowest BCUT2D eigenvalue weighted by Crippen LogP contribution is -2.14. The summed E-state index contributed by atoms with van der Waals surface area (Å²) < 4.78 is 5.43. The van der Waals surface area contributed by atoms with Crippen LogP contribution in [0.4, 0.5) is 6.01 Å². The molecule has 3 aromatic rings. The quantitative estimate of drug-likeness (QED) is 0.704. The first-order valence-electron chi connectivity index (χ1n) is 6.78. The second kappa shape index (κ2) is 7.30. The van der Waals surface area contributed by atoms with Gasteiger partial charge in [-0.25, -0.2) is 0 Å². The van der Waals surface area contributed by atoms with Crippen molar-refractivity contribution >= 4 is 35.3 Å². The Morgan fingerprint density at radius 3 is 2.61 bits per heavy atom. The van der Waals surface area contributed by atoms with Gasteiger partial charge in [-0.3, -0.25) is 10.1 Å². The van der Waals surface area contributed by atoms with Gasteiger partial charge in [0, 0.05) is 10.5 Å². The summed E-state index contributed by atoms with van der Waals surface area (Å²) >= 11 is 7.39. The molecule has 0 atom stereocenters. The molecule has 116 valence electrons. The van der Waals surface area contributed by atoms with Gasteiger partial charge in [-0.2, -0.15) is 0 Å². The third-order valence-electron chi connectivity index (χ3n) is 2.89. The fraction of sp³-hybridized carbons (Fsp3) is 0.0625. The summed E-state index contributed by atoms with van der Waals surface area (Å²) in [6, 6.07) is 16.8. The van der Waals surface area contributed by atoms with E-state index in [0.717, 1.165) is 10.5 Å². The zero-order valence-electron chi connectivity index (χ0n) is 11.9. The molecule has 0 radical (unpaired) electrons. The van der Waals surface area contributed by atoms with Crippen molar-refractivity contribution in [2.75, 3.05) is 11.1 Å². The van der Waals surface area contributed by atoms with Crippen LogP contribution in [0.3, 0.4) is 0 Å². The number of rotatable bonds is 5. The number of hydrogen-bond donors (Lipinski definition) is 1. The lowest BCUT2D eigenvalue weighted by atomic mass is 10.2. The molecule has 0 fully saturated rings. The molecule has 2 aromatic carbocycles. The van der Waals surface area contributed by atoms with E-state index in [0.29, 0.717) is 10.9 Å². The van der Waals surface area contributed by atoms with Crippen molar-refractivity contribution in [3.8, 4) is 11.5 Å². The number of halogens is 1. The van der Waals surface area contributed by atoms with Crippen LogP contribution in [0, 0.1) is 0 Å². The first kappa shape index (κ1) is 15.6. The average Bonchev–Trinajstić information content (AvgIpc) is 3.03. The number of nitrogens with zero attached hydrogens (tertiary/aromatic N) is 2. The first-order valence-corrected chi connectivity index (χ1v) is 8.15. The fourth-order valence-electron chi connectivity index (χ4n) is 1.83. The molecule has 0 unspecified atom stereocenters.